The van der Waals surface area contributed by atoms with E-state index in [0.29, 0.717) is 23.4 Å². The van der Waals surface area contributed by atoms with Crippen LogP contribution in [0.4, 0.5) is 5.69 Å². The number of amides is 1. The molecule has 0 radical (unpaired) electrons. The molecule has 1 amide bonds. The van der Waals surface area contributed by atoms with E-state index in [2.05, 4.69) is 10.0 Å². The minimum Gasteiger partial charge on any atom is -0.352 e. The van der Waals surface area contributed by atoms with Gasteiger partial charge in [-0.05, 0) is 49.6 Å². The van der Waals surface area contributed by atoms with Crippen molar-refractivity contribution in [2.24, 2.45) is 0 Å². The number of hydrogen-bond acceptors (Lipinski definition) is 3. The molecule has 0 fully saturated rings. The SMILES string of the molecule is CCCCNC(=O)c1ccc(C)c(S(=O)(=O)Nc2ccccc2C)c1. The molecular formula is C19H24N2O3S. The van der Waals surface area contributed by atoms with Crippen molar-refractivity contribution < 1.29 is 13.2 Å². The molecule has 5 nitrogen and oxygen atoms in total. The van der Waals surface area contributed by atoms with Gasteiger partial charge in [-0.15, -0.1) is 0 Å². The zero-order chi connectivity index (χ0) is 18.4. The van der Waals surface area contributed by atoms with Gasteiger partial charge in [0.1, 0.15) is 0 Å². The number of unbranched alkanes of at least 4 members (excludes halogenated alkanes) is 1. The van der Waals surface area contributed by atoms with E-state index in [1.165, 1.54) is 6.07 Å². The van der Waals surface area contributed by atoms with Crippen molar-refractivity contribution in [1.82, 2.24) is 5.32 Å². The first-order valence-corrected chi connectivity index (χ1v) is 9.80. The molecule has 0 aliphatic heterocycles. The summed E-state index contributed by atoms with van der Waals surface area (Å²) in [5.74, 6) is -0.263. The Morgan fingerprint density at radius 3 is 2.44 bits per heavy atom. The van der Waals surface area contributed by atoms with Crippen molar-refractivity contribution in [2.75, 3.05) is 11.3 Å². The molecule has 0 spiro atoms. The molecule has 2 aromatic rings. The quantitative estimate of drug-likeness (QED) is 0.740. The molecule has 2 aromatic carbocycles. The summed E-state index contributed by atoms with van der Waals surface area (Å²) in [5.41, 5.74) is 2.29. The minimum atomic E-state index is -3.78. The molecule has 0 atom stereocenters. The van der Waals surface area contributed by atoms with E-state index in [0.717, 1.165) is 18.4 Å². The third-order valence-electron chi connectivity index (χ3n) is 3.95. The van der Waals surface area contributed by atoms with E-state index in [1.807, 2.05) is 26.0 Å². The molecular weight excluding hydrogens is 336 g/mol. The van der Waals surface area contributed by atoms with Gasteiger partial charge in [0.05, 0.1) is 10.6 Å². The minimum absolute atomic E-state index is 0.110. The van der Waals surface area contributed by atoms with Crippen LogP contribution in [0.15, 0.2) is 47.4 Å². The molecule has 2 N–H and O–H groups in total. The zero-order valence-corrected chi connectivity index (χ0v) is 15.6. The largest absolute Gasteiger partial charge is 0.352 e. The molecule has 0 aliphatic carbocycles. The van der Waals surface area contributed by atoms with E-state index in [9.17, 15) is 13.2 Å². The van der Waals surface area contributed by atoms with Crippen molar-refractivity contribution in [1.29, 1.82) is 0 Å². The number of anilines is 1. The molecule has 0 aromatic heterocycles. The fourth-order valence-corrected chi connectivity index (χ4v) is 3.80. The molecule has 0 saturated heterocycles. The summed E-state index contributed by atoms with van der Waals surface area (Å²) in [6.45, 7) is 6.17. The number of hydrogen-bond donors (Lipinski definition) is 2. The van der Waals surface area contributed by atoms with Crippen molar-refractivity contribution in [3.05, 3.63) is 59.2 Å². The standard InChI is InChI=1S/C19H24N2O3S/c1-4-5-12-20-19(22)16-11-10-15(3)18(13-16)25(23,24)21-17-9-7-6-8-14(17)2/h6-11,13,21H,4-5,12H2,1-3H3,(H,20,22). The third-order valence-corrected chi connectivity index (χ3v) is 5.45. The maximum absolute atomic E-state index is 12.8. The topological polar surface area (TPSA) is 75.3 Å². The van der Waals surface area contributed by atoms with Gasteiger partial charge < -0.3 is 5.32 Å². The van der Waals surface area contributed by atoms with Crippen LogP contribution in [0, 0.1) is 13.8 Å². The molecule has 0 aliphatic rings. The number of rotatable bonds is 7. The summed E-state index contributed by atoms with van der Waals surface area (Å²) in [5, 5.41) is 2.80. The second kappa shape index (κ2) is 8.16. The van der Waals surface area contributed by atoms with Gasteiger partial charge in [-0.1, -0.05) is 37.6 Å². The first-order chi connectivity index (χ1) is 11.8. The van der Waals surface area contributed by atoms with Crippen LogP contribution in [0.5, 0.6) is 0 Å². The van der Waals surface area contributed by atoms with E-state index in [-0.39, 0.29) is 10.8 Å². The Morgan fingerprint density at radius 2 is 1.76 bits per heavy atom. The molecule has 2 rings (SSSR count). The van der Waals surface area contributed by atoms with Crippen molar-refractivity contribution in [3.8, 4) is 0 Å². The summed E-state index contributed by atoms with van der Waals surface area (Å²) >= 11 is 0. The smallest absolute Gasteiger partial charge is 0.262 e. The lowest BCUT2D eigenvalue weighted by Gasteiger charge is -2.13. The first-order valence-electron chi connectivity index (χ1n) is 8.32. The van der Waals surface area contributed by atoms with Crippen LogP contribution in [0.1, 0.15) is 41.3 Å². The van der Waals surface area contributed by atoms with Gasteiger partial charge in [-0.25, -0.2) is 8.42 Å². The second-order valence-corrected chi connectivity index (χ2v) is 7.66. The number of nitrogens with one attached hydrogen (secondary N) is 2. The fourth-order valence-electron chi connectivity index (χ4n) is 2.40. The van der Waals surface area contributed by atoms with Gasteiger partial charge in [-0.3, -0.25) is 9.52 Å². The predicted octanol–water partition coefficient (Wildman–Crippen LogP) is 3.63. The van der Waals surface area contributed by atoms with Gasteiger partial charge in [0, 0.05) is 12.1 Å². The summed E-state index contributed by atoms with van der Waals surface area (Å²) in [6, 6.07) is 11.9. The summed E-state index contributed by atoms with van der Waals surface area (Å²) < 4.78 is 28.1. The van der Waals surface area contributed by atoms with Crippen molar-refractivity contribution in [3.63, 3.8) is 0 Å². The van der Waals surface area contributed by atoms with Gasteiger partial charge in [0.25, 0.3) is 15.9 Å². The van der Waals surface area contributed by atoms with Crippen molar-refractivity contribution >= 4 is 21.6 Å². The Labute approximate surface area is 149 Å². The first kappa shape index (κ1) is 19.0. The molecule has 134 valence electrons. The number of para-hydroxylation sites is 1. The Hall–Kier alpha value is -2.34. The molecule has 0 saturated carbocycles. The maximum Gasteiger partial charge on any atom is 0.262 e. The summed E-state index contributed by atoms with van der Waals surface area (Å²) in [6.07, 6.45) is 1.87. The van der Waals surface area contributed by atoms with E-state index in [1.54, 1.807) is 31.2 Å². The lowest BCUT2D eigenvalue weighted by Crippen LogP contribution is -2.25. The average Bonchev–Trinajstić information content (AvgIpc) is 2.57. The highest BCUT2D eigenvalue weighted by Crippen LogP contribution is 2.22. The van der Waals surface area contributed by atoms with Crippen LogP contribution in [-0.2, 0) is 10.0 Å². The predicted molar refractivity (Wildman–Crippen MR) is 100 cm³/mol. The van der Waals surface area contributed by atoms with Crippen LogP contribution >= 0.6 is 0 Å². The van der Waals surface area contributed by atoms with Crippen LogP contribution in [0.3, 0.4) is 0 Å². The lowest BCUT2D eigenvalue weighted by molar-refractivity contribution is 0.0953. The molecule has 25 heavy (non-hydrogen) atoms. The van der Waals surface area contributed by atoms with E-state index in [4.69, 9.17) is 0 Å². The van der Waals surface area contributed by atoms with Gasteiger partial charge in [0.15, 0.2) is 0 Å². The maximum atomic E-state index is 12.8. The monoisotopic (exact) mass is 360 g/mol. The molecule has 0 unspecified atom stereocenters. The average molecular weight is 360 g/mol. The highest BCUT2D eigenvalue weighted by atomic mass is 32.2. The Balaban J connectivity index is 2.29. The second-order valence-electron chi connectivity index (χ2n) is 6.01. The van der Waals surface area contributed by atoms with Crippen molar-refractivity contribution in [2.45, 2.75) is 38.5 Å². The van der Waals surface area contributed by atoms with Crippen LogP contribution in [0.25, 0.3) is 0 Å². The Morgan fingerprint density at radius 1 is 1.04 bits per heavy atom. The third kappa shape index (κ3) is 4.82. The Kier molecular flexibility index (Phi) is 6.20. The van der Waals surface area contributed by atoms with Gasteiger partial charge in [0.2, 0.25) is 0 Å². The van der Waals surface area contributed by atoms with E-state index < -0.39 is 10.0 Å². The number of carbonyl (C=O) groups is 1. The fraction of sp³-hybridized carbons (Fsp3) is 0.316. The van der Waals surface area contributed by atoms with Crippen LogP contribution in [0.2, 0.25) is 0 Å². The van der Waals surface area contributed by atoms with Crippen LogP contribution < -0.4 is 10.0 Å². The van der Waals surface area contributed by atoms with Gasteiger partial charge >= 0.3 is 0 Å². The number of benzene rings is 2. The number of aryl methyl sites for hydroxylation is 2. The molecule has 0 heterocycles. The number of carbonyl (C=O) groups excluding carboxylic acids is 1. The summed E-state index contributed by atoms with van der Waals surface area (Å²) in [7, 11) is -3.78. The highest BCUT2D eigenvalue weighted by molar-refractivity contribution is 7.92. The molecule has 6 heteroatoms. The lowest BCUT2D eigenvalue weighted by atomic mass is 10.1. The molecule has 0 bridgehead atoms. The zero-order valence-electron chi connectivity index (χ0n) is 14.8. The van der Waals surface area contributed by atoms with Crippen LogP contribution in [-0.4, -0.2) is 20.9 Å². The number of sulfonamides is 1. The summed E-state index contributed by atoms with van der Waals surface area (Å²) in [4.78, 5) is 12.3. The Bertz CT molecular complexity index is 861. The van der Waals surface area contributed by atoms with Gasteiger partial charge in [-0.2, -0.15) is 0 Å². The highest BCUT2D eigenvalue weighted by Gasteiger charge is 2.20. The normalized spacial score (nSPS) is 11.2. The van der Waals surface area contributed by atoms with E-state index >= 15 is 0 Å².